The third-order valence-corrected chi connectivity index (χ3v) is 5.20. The number of pyridine rings is 1. The first-order chi connectivity index (χ1) is 14.9. The Hall–Kier alpha value is -3.68. The van der Waals surface area contributed by atoms with E-state index in [1.807, 2.05) is 6.07 Å². The van der Waals surface area contributed by atoms with Crippen LogP contribution in [0.5, 0.6) is 23.0 Å². The molecule has 1 aromatic heterocycles. The fourth-order valence-electron chi connectivity index (χ4n) is 3.60. The number of aromatic nitrogens is 1. The zero-order valence-electron chi connectivity index (χ0n) is 18.4. The van der Waals surface area contributed by atoms with Crippen LogP contribution in [0.25, 0.3) is 22.0 Å². The standard InChI is InChI=1S/C23H25NO7/c1-24-16(9-13-7-8-17(27-2)22(31-6)21(13)23(24)26)15-12-19(29-4)18(28-3)10-14(15)11-20(25)30-5/h7-10,12H,11H2,1-6H3. The number of carbonyl (C=O) groups is 1. The molecule has 0 saturated heterocycles. The van der Waals surface area contributed by atoms with Crippen molar-refractivity contribution in [2.75, 3.05) is 35.5 Å². The molecule has 31 heavy (non-hydrogen) atoms. The Morgan fingerprint density at radius 2 is 1.52 bits per heavy atom. The van der Waals surface area contributed by atoms with Gasteiger partial charge in [0.25, 0.3) is 5.56 Å². The summed E-state index contributed by atoms with van der Waals surface area (Å²) in [6, 6.07) is 8.87. The number of ether oxygens (including phenoxy) is 5. The minimum Gasteiger partial charge on any atom is -0.493 e. The summed E-state index contributed by atoms with van der Waals surface area (Å²) in [5.41, 5.74) is 1.63. The summed E-state index contributed by atoms with van der Waals surface area (Å²) in [5.74, 6) is 1.38. The Morgan fingerprint density at radius 3 is 2.10 bits per heavy atom. The highest BCUT2D eigenvalue weighted by Gasteiger charge is 2.20. The summed E-state index contributed by atoms with van der Waals surface area (Å²) in [6.07, 6.45) is 0.00431. The summed E-state index contributed by atoms with van der Waals surface area (Å²) >= 11 is 0. The Kier molecular flexibility index (Phi) is 6.39. The number of carbonyl (C=O) groups excluding carboxylic acids is 1. The summed E-state index contributed by atoms with van der Waals surface area (Å²) < 4.78 is 28.0. The maximum Gasteiger partial charge on any atom is 0.310 e. The van der Waals surface area contributed by atoms with E-state index < -0.39 is 5.97 Å². The van der Waals surface area contributed by atoms with Crippen molar-refractivity contribution in [1.82, 2.24) is 4.57 Å². The van der Waals surface area contributed by atoms with Gasteiger partial charge in [0.15, 0.2) is 23.0 Å². The van der Waals surface area contributed by atoms with Gasteiger partial charge in [-0.1, -0.05) is 6.07 Å². The average Bonchev–Trinajstić information content (AvgIpc) is 2.80. The molecule has 0 unspecified atom stereocenters. The summed E-state index contributed by atoms with van der Waals surface area (Å²) in [5, 5.41) is 1.08. The van der Waals surface area contributed by atoms with Gasteiger partial charge >= 0.3 is 5.97 Å². The predicted octanol–water partition coefficient (Wildman–Crippen LogP) is 2.96. The highest BCUT2D eigenvalue weighted by Crippen LogP contribution is 2.38. The Bertz CT molecular complexity index is 1200. The van der Waals surface area contributed by atoms with Gasteiger partial charge < -0.3 is 28.3 Å². The number of benzene rings is 2. The van der Waals surface area contributed by atoms with E-state index in [0.717, 1.165) is 0 Å². The SMILES string of the molecule is COC(=O)Cc1cc(OC)c(OC)cc1-c1cc2ccc(OC)c(OC)c2c(=O)n1C. The van der Waals surface area contributed by atoms with Crippen molar-refractivity contribution in [1.29, 1.82) is 0 Å². The van der Waals surface area contributed by atoms with E-state index in [-0.39, 0.29) is 12.0 Å². The molecule has 0 atom stereocenters. The topological polar surface area (TPSA) is 85.2 Å². The van der Waals surface area contributed by atoms with Crippen LogP contribution in [0.3, 0.4) is 0 Å². The second-order valence-electron chi connectivity index (χ2n) is 6.78. The quantitative estimate of drug-likeness (QED) is 0.536. The number of rotatable bonds is 7. The molecule has 0 aliphatic carbocycles. The van der Waals surface area contributed by atoms with Crippen molar-refractivity contribution in [2.24, 2.45) is 7.05 Å². The molecule has 0 amide bonds. The molecule has 0 aliphatic heterocycles. The Balaban J connectivity index is 2.36. The van der Waals surface area contributed by atoms with Gasteiger partial charge in [-0.15, -0.1) is 0 Å². The lowest BCUT2D eigenvalue weighted by Crippen LogP contribution is -2.20. The van der Waals surface area contributed by atoms with Crippen LogP contribution < -0.4 is 24.5 Å². The lowest BCUT2D eigenvalue weighted by Gasteiger charge is -2.18. The minimum absolute atomic E-state index is 0.00431. The monoisotopic (exact) mass is 427 g/mol. The number of methoxy groups -OCH3 is 5. The van der Waals surface area contributed by atoms with E-state index in [4.69, 9.17) is 23.7 Å². The average molecular weight is 427 g/mol. The third kappa shape index (κ3) is 3.88. The largest absolute Gasteiger partial charge is 0.493 e. The normalized spacial score (nSPS) is 10.6. The number of nitrogens with zero attached hydrogens (tertiary/aromatic N) is 1. The first-order valence-electron chi connectivity index (χ1n) is 9.46. The van der Waals surface area contributed by atoms with Crippen LogP contribution >= 0.6 is 0 Å². The summed E-state index contributed by atoms with van der Waals surface area (Å²) in [7, 11) is 9.05. The molecule has 0 radical (unpaired) electrons. The molecule has 3 aromatic rings. The van der Waals surface area contributed by atoms with Crippen LogP contribution in [0.2, 0.25) is 0 Å². The van der Waals surface area contributed by atoms with E-state index >= 15 is 0 Å². The van der Waals surface area contributed by atoms with Gasteiger partial charge in [-0.2, -0.15) is 0 Å². The van der Waals surface area contributed by atoms with Crippen molar-refractivity contribution in [3.05, 3.63) is 46.2 Å². The van der Waals surface area contributed by atoms with E-state index in [9.17, 15) is 9.59 Å². The Labute approximate surface area is 179 Å². The maximum atomic E-state index is 13.3. The molecule has 0 bridgehead atoms. The molecular weight excluding hydrogens is 402 g/mol. The smallest absolute Gasteiger partial charge is 0.310 e. The molecule has 0 N–H and O–H groups in total. The van der Waals surface area contributed by atoms with Gasteiger partial charge in [0, 0.05) is 12.6 Å². The fourth-order valence-corrected chi connectivity index (χ4v) is 3.60. The summed E-state index contributed by atoms with van der Waals surface area (Å²) in [6.45, 7) is 0. The van der Waals surface area contributed by atoms with Gasteiger partial charge in [-0.05, 0) is 35.2 Å². The Morgan fingerprint density at radius 1 is 0.871 bits per heavy atom. The maximum absolute atomic E-state index is 13.3. The van der Waals surface area contributed by atoms with Gasteiger partial charge in [0.05, 0.1) is 53.0 Å². The fraction of sp³-hybridized carbons (Fsp3) is 0.304. The van der Waals surface area contributed by atoms with Crippen LogP contribution in [0.1, 0.15) is 5.56 Å². The van der Waals surface area contributed by atoms with Crippen LogP contribution in [0, 0.1) is 0 Å². The molecule has 2 aromatic carbocycles. The molecule has 0 aliphatic rings. The number of fused-ring (bicyclic) bond motifs is 1. The molecule has 164 valence electrons. The number of hydrogen-bond acceptors (Lipinski definition) is 7. The third-order valence-electron chi connectivity index (χ3n) is 5.20. The number of esters is 1. The van der Waals surface area contributed by atoms with Crippen molar-refractivity contribution in [3.8, 4) is 34.3 Å². The first kappa shape index (κ1) is 22.0. The first-order valence-corrected chi connectivity index (χ1v) is 9.46. The predicted molar refractivity (Wildman–Crippen MR) is 117 cm³/mol. The molecule has 8 heteroatoms. The van der Waals surface area contributed by atoms with E-state index in [0.29, 0.717) is 50.6 Å². The zero-order valence-corrected chi connectivity index (χ0v) is 18.4. The molecule has 0 fully saturated rings. The zero-order chi connectivity index (χ0) is 22.7. The lowest BCUT2D eigenvalue weighted by atomic mass is 9.98. The van der Waals surface area contributed by atoms with E-state index in [1.165, 1.54) is 40.1 Å². The minimum atomic E-state index is -0.411. The highest BCUT2D eigenvalue weighted by molar-refractivity contribution is 5.93. The van der Waals surface area contributed by atoms with Crippen LogP contribution in [0.15, 0.2) is 35.1 Å². The lowest BCUT2D eigenvalue weighted by molar-refractivity contribution is -0.139. The molecule has 3 rings (SSSR count). The van der Waals surface area contributed by atoms with Crippen molar-refractivity contribution in [3.63, 3.8) is 0 Å². The van der Waals surface area contributed by atoms with E-state index in [2.05, 4.69) is 0 Å². The van der Waals surface area contributed by atoms with E-state index in [1.54, 1.807) is 31.3 Å². The molecule has 1 heterocycles. The summed E-state index contributed by atoms with van der Waals surface area (Å²) in [4.78, 5) is 25.4. The van der Waals surface area contributed by atoms with Gasteiger partial charge in [0.2, 0.25) is 0 Å². The van der Waals surface area contributed by atoms with Crippen molar-refractivity contribution in [2.45, 2.75) is 6.42 Å². The van der Waals surface area contributed by atoms with Gasteiger partial charge in [-0.3, -0.25) is 9.59 Å². The van der Waals surface area contributed by atoms with Gasteiger partial charge in [0.1, 0.15) is 0 Å². The second-order valence-corrected chi connectivity index (χ2v) is 6.78. The molecule has 0 saturated carbocycles. The van der Waals surface area contributed by atoms with Crippen LogP contribution in [-0.4, -0.2) is 46.1 Å². The van der Waals surface area contributed by atoms with Crippen molar-refractivity contribution >= 4 is 16.7 Å². The molecule has 0 spiro atoms. The second kappa shape index (κ2) is 8.99. The van der Waals surface area contributed by atoms with Gasteiger partial charge in [-0.25, -0.2) is 0 Å². The molecule has 8 nitrogen and oxygen atoms in total. The molecular formula is C23H25NO7. The number of hydrogen-bond donors (Lipinski definition) is 0. The van der Waals surface area contributed by atoms with Crippen molar-refractivity contribution < 1.29 is 28.5 Å². The highest BCUT2D eigenvalue weighted by atomic mass is 16.5. The van der Waals surface area contributed by atoms with Crippen LogP contribution in [0.4, 0.5) is 0 Å². The van der Waals surface area contributed by atoms with Crippen LogP contribution in [-0.2, 0) is 23.0 Å².